The van der Waals surface area contributed by atoms with Crippen molar-refractivity contribution in [1.29, 1.82) is 0 Å². The number of rotatable bonds is 11. The van der Waals surface area contributed by atoms with Crippen LogP contribution in [-0.2, 0) is 9.59 Å². The highest BCUT2D eigenvalue weighted by Gasteiger charge is 2.42. The van der Waals surface area contributed by atoms with Gasteiger partial charge in [0.15, 0.2) is 0 Å². The van der Waals surface area contributed by atoms with Crippen molar-refractivity contribution in [3.8, 4) is 33.4 Å². The molecular formula is C52H46N2O4. The van der Waals surface area contributed by atoms with Crippen LogP contribution in [0, 0.1) is 0 Å². The van der Waals surface area contributed by atoms with E-state index in [2.05, 4.69) is 0 Å². The largest absolute Gasteiger partial charge is 0.286 e. The molecule has 0 radical (unpaired) electrons. The van der Waals surface area contributed by atoms with Crippen molar-refractivity contribution in [3.63, 3.8) is 0 Å². The molecule has 0 spiro atoms. The Morgan fingerprint density at radius 3 is 1.00 bits per heavy atom. The first-order valence-corrected chi connectivity index (χ1v) is 20.0. The number of benzene rings is 7. The lowest BCUT2D eigenvalue weighted by Crippen LogP contribution is -2.56. The van der Waals surface area contributed by atoms with E-state index in [4.69, 9.17) is 0 Å². The van der Waals surface area contributed by atoms with Gasteiger partial charge in [0.1, 0.15) is 0 Å². The van der Waals surface area contributed by atoms with Crippen LogP contribution in [0.3, 0.4) is 0 Å². The molecule has 0 bridgehead atoms. The van der Waals surface area contributed by atoms with E-state index in [9.17, 15) is 15.2 Å². The number of carbonyl (C=O) groups is 2. The van der Waals surface area contributed by atoms with Gasteiger partial charge in [-0.2, -0.15) is 0 Å². The van der Waals surface area contributed by atoms with E-state index in [1.165, 1.54) is 0 Å². The lowest BCUT2D eigenvalue weighted by molar-refractivity contribution is -0.213. The van der Waals surface area contributed by atoms with Crippen molar-refractivity contribution < 1.29 is 20.0 Å². The van der Waals surface area contributed by atoms with Crippen LogP contribution in [0.2, 0.25) is 0 Å². The summed E-state index contributed by atoms with van der Waals surface area (Å²) in [5, 5.41) is 25.8. The number of hydroxylamine groups is 4. The predicted molar refractivity (Wildman–Crippen MR) is 229 cm³/mol. The van der Waals surface area contributed by atoms with E-state index in [1.807, 2.05) is 194 Å². The van der Waals surface area contributed by atoms with Crippen LogP contribution in [0.4, 0.5) is 0 Å². The molecule has 3 atom stereocenters. The molecule has 1 aliphatic carbocycles. The van der Waals surface area contributed by atoms with E-state index in [0.717, 1.165) is 78.6 Å². The molecule has 0 aliphatic heterocycles. The minimum Gasteiger partial charge on any atom is -0.286 e. The number of nitrogens with zero attached hydrogens (tertiary/aromatic N) is 2. The summed E-state index contributed by atoms with van der Waals surface area (Å²) in [7, 11) is 0. The Labute approximate surface area is 340 Å². The van der Waals surface area contributed by atoms with Gasteiger partial charge >= 0.3 is 0 Å². The number of amides is 2. The van der Waals surface area contributed by atoms with Gasteiger partial charge in [-0.25, -0.2) is 10.1 Å². The topological polar surface area (TPSA) is 81.1 Å². The van der Waals surface area contributed by atoms with Gasteiger partial charge in [0, 0.05) is 0 Å². The summed E-state index contributed by atoms with van der Waals surface area (Å²) in [5.41, 5.74) is 8.81. The maximum atomic E-state index is 15.0. The third-order valence-corrected chi connectivity index (χ3v) is 11.4. The van der Waals surface area contributed by atoms with Crippen molar-refractivity contribution in [3.05, 3.63) is 216 Å². The smallest absolute Gasteiger partial charge is 0.258 e. The fourth-order valence-corrected chi connectivity index (χ4v) is 8.44. The van der Waals surface area contributed by atoms with Gasteiger partial charge in [-0.05, 0) is 68.5 Å². The van der Waals surface area contributed by atoms with E-state index in [1.54, 1.807) is 0 Å². The van der Waals surface area contributed by atoms with Crippen LogP contribution in [-0.4, -0.2) is 44.4 Å². The Balaban J connectivity index is 1.14. The minimum absolute atomic E-state index is 0.414. The normalized spacial score (nSPS) is 15.7. The average molecular weight is 763 g/mol. The number of carbonyl (C=O) groups excluding carboxylic acids is 2. The zero-order chi connectivity index (χ0) is 39.8. The van der Waals surface area contributed by atoms with Gasteiger partial charge in [-0.3, -0.25) is 20.0 Å². The summed E-state index contributed by atoms with van der Waals surface area (Å²) >= 11 is 0. The highest BCUT2D eigenvalue weighted by atomic mass is 16.5. The second-order valence-electron chi connectivity index (χ2n) is 15.0. The lowest BCUT2D eigenvalue weighted by atomic mass is 9.84. The monoisotopic (exact) mass is 762 g/mol. The third kappa shape index (κ3) is 8.25. The molecule has 0 saturated heterocycles. The fourth-order valence-electron chi connectivity index (χ4n) is 8.44. The first-order chi connectivity index (χ1) is 28.5. The summed E-state index contributed by atoms with van der Waals surface area (Å²) in [6, 6.07) is 61.4. The van der Waals surface area contributed by atoms with Crippen molar-refractivity contribution in [2.45, 2.75) is 49.6 Å². The molecule has 0 aromatic heterocycles. The molecule has 6 heteroatoms. The van der Waals surface area contributed by atoms with Gasteiger partial charge in [-0.15, -0.1) is 0 Å². The maximum absolute atomic E-state index is 15.0. The predicted octanol–water partition coefficient (Wildman–Crippen LogP) is 11.4. The summed E-state index contributed by atoms with van der Waals surface area (Å²) in [4.78, 5) is 29.8. The lowest BCUT2D eigenvalue weighted by Gasteiger charge is -2.41. The summed E-state index contributed by atoms with van der Waals surface area (Å²) < 4.78 is 0. The second-order valence-corrected chi connectivity index (χ2v) is 15.0. The molecule has 7 aromatic carbocycles. The Morgan fingerprint density at radius 1 is 0.379 bits per heavy atom. The van der Waals surface area contributed by atoms with Crippen molar-refractivity contribution in [1.82, 2.24) is 10.1 Å². The number of hydrogen-bond acceptors (Lipinski definition) is 4. The van der Waals surface area contributed by atoms with Gasteiger partial charge in [-0.1, -0.05) is 207 Å². The molecule has 6 nitrogen and oxygen atoms in total. The summed E-state index contributed by atoms with van der Waals surface area (Å²) in [6.45, 7) is 0. The maximum Gasteiger partial charge on any atom is 0.258 e. The highest BCUT2D eigenvalue weighted by Crippen LogP contribution is 2.37. The Morgan fingerprint density at radius 2 is 0.655 bits per heavy atom. The van der Waals surface area contributed by atoms with Crippen LogP contribution in [0.15, 0.2) is 194 Å². The first-order valence-electron chi connectivity index (χ1n) is 20.0. The molecule has 2 unspecified atom stereocenters. The standard InChI is InChI=1S/C52H46N2O4/c55-51(49(40-24-11-4-12-25-40)44-29-15-26-41(34-44)37-18-5-1-6-19-37)53(57)47-32-13-14-33-48(47)54(58)52(56)50(45-30-16-27-42(35-45)38-20-7-2-8-21-38)46-31-17-28-43(36-46)39-22-9-3-10-23-39/h1-12,15-31,34-36,47-50,57-58H,13-14,32-33H2/t47?,48-,49?/m1/s1. The molecule has 58 heavy (non-hydrogen) atoms. The zero-order valence-electron chi connectivity index (χ0n) is 32.2. The Bertz CT molecular complexity index is 2370. The Kier molecular flexibility index (Phi) is 11.7. The summed E-state index contributed by atoms with van der Waals surface area (Å²) in [5.74, 6) is -2.74. The van der Waals surface area contributed by atoms with Crippen LogP contribution in [0.1, 0.15) is 59.8 Å². The van der Waals surface area contributed by atoms with Gasteiger partial charge in [0.2, 0.25) is 0 Å². The highest BCUT2D eigenvalue weighted by molar-refractivity contribution is 5.89. The van der Waals surface area contributed by atoms with Crippen molar-refractivity contribution in [2.75, 3.05) is 0 Å². The molecule has 8 rings (SSSR count). The quantitative estimate of drug-likeness (QED) is 0.102. The fraction of sp³-hybridized carbons (Fsp3) is 0.154. The second kappa shape index (κ2) is 17.7. The molecule has 1 saturated carbocycles. The van der Waals surface area contributed by atoms with E-state index in [-0.39, 0.29) is 0 Å². The summed E-state index contributed by atoms with van der Waals surface area (Å²) in [6.07, 6.45) is 2.29. The van der Waals surface area contributed by atoms with Crippen molar-refractivity contribution >= 4 is 11.8 Å². The molecule has 2 amide bonds. The van der Waals surface area contributed by atoms with Gasteiger partial charge in [0.05, 0.1) is 23.9 Å². The molecule has 0 heterocycles. The molecular weight excluding hydrogens is 717 g/mol. The Hall–Kier alpha value is -6.60. The van der Waals surface area contributed by atoms with Gasteiger partial charge < -0.3 is 0 Å². The molecule has 288 valence electrons. The van der Waals surface area contributed by atoms with Gasteiger partial charge in [0.25, 0.3) is 11.8 Å². The van der Waals surface area contributed by atoms with E-state index < -0.39 is 35.7 Å². The average Bonchev–Trinajstić information content (AvgIpc) is 3.30. The van der Waals surface area contributed by atoms with Crippen LogP contribution in [0.5, 0.6) is 0 Å². The molecule has 2 N–H and O–H groups in total. The van der Waals surface area contributed by atoms with Crippen LogP contribution < -0.4 is 0 Å². The van der Waals surface area contributed by atoms with Crippen molar-refractivity contribution in [2.24, 2.45) is 0 Å². The van der Waals surface area contributed by atoms with Crippen LogP contribution >= 0.6 is 0 Å². The number of hydrogen-bond donors (Lipinski definition) is 2. The SMILES string of the molecule is O=C(C(c1ccccc1)c1cccc(-c2ccccc2)c1)N(O)C1CCCC[C@H]1N(O)C(=O)C(c1cccc(-c2ccccc2)c1)c1cccc(-c2ccccc2)c1. The zero-order valence-corrected chi connectivity index (χ0v) is 32.2. The molecule has 7 aromatic rings. The molecule has 1 fully saturated rings. The molecule has 1 aliphatic rings. The van der Waals surface area contributed by atoms with Crippen LogP contribution in [0.25, 0.3) is 33.4 Å². The van der Waals surface area contributed by atoms with E-state index in [0.29, 0.717) is 12.8 Å². The third-order valence-electron chi connectivity index (χ3n) is 11.4. The first kappa shape index (κ1) is 38.3. The van der Waals surface area contributed by atoms with E-state index >= 15 is 4.79 Å². The minimum atomic E-state index is -0.875.